The Morgan fingerprint density at radius 1 is 1.56 bits per heavy atom. The normalized spacial score (nSPS) is 11.7. The van der Waals surface area contributed by atoms with Crippen LogP contribution in [0, 0.1) is 0 Å². The number of nitrogens with two attached hydrogens (primary N) is 1. The first-order chi connectivity index (χ1) is 8.58. The van der Waals surface area contributed by atoms with Gasteiger partial charge in [-0.05, 0) is 18.6 Å². The Balaban J connectivity index is 2.68. The van der Waals surface area contributed by atoms with Crippen molar-refractivity contribution in [3.8, 4) is 0 Å². The Bertz CT molecular complexity index is 434. The van der Waals surface area contributed by atoms with Crippen LogP contribution in [-0.4, -0.2) is 30.0 Å². The molecule has 18 heavy (non-hydrogen) atoms. The van der Waals surface area contributed by atoms with Crippen LogP contribution >= 0.6 is 0 Å². The first kappa shape index (κ1) is 14.0. The van der Waals surface area contributed by atoms with Crippen molar-refractivity contribution in [2.24, 2.45) is 0 Å². The molecule has 1 aromatic rings. The summed E-state index contributed by atoms with van der Waals surface area (Å²) in [6.45, 7) is 1.87. The molecule has 0 spiro atoms. The van der Waals surface area contributed by atoms with Gasteiger partial charge < -0.3 is 15.8 Å². The van der Waals surface area contributed by atoms with Crippen molar-refractivity contribution < 1.29 is 14.3 Å². The standard InChI is InChI=1S/C12H17N3O3/c1-3-8(7-10(16)18-2)15-12(17)11-9(13)5-4-6-14-11/h4-6,8H,3,7,13H2,1-2H3,(H,15,17). The van der Waals surface area contributed by atoms with Crippen LogP contribution in [0.25, 0.3) is 0 Å². The molecule has 0 radical (unpaired) electrons. The van der Waals surface area contributed by atoms with E-state index in [2.05, 4.69) is 15.0 Å². The zero-order chi connectivity index (χ0) is 13.5. The number of ether oxygens (including phenoxy) is 1. The number of rotatable bonds is 5. The summed E-state index contributed by atoms with van der Waals surface area (Å²) >= 11 is 0. The Hall–Kier alpha value is -2.11. The Morgan fingerprint density at radius 3 is 2.83 bits per heavy atom. The van der Waals surface area contributed by atoms with Gasteiger partial charge in [-0.3, -0.25) is 9.59 Å². The second-order valence-corrected chi connectivity index (χ2v) is 3.80. The van der Waals surface area contributed by atoms with Crippen LogP contribution in [0.4, 0.5) is 5.69 Å². The van der Waals surface area contributed by atoms with Gasteiger partial charge in [0.2, 0.25) is 0 Å². The molecule has 0 fully saturated rings. The molecular weight excluding hydrogens is 234 g/mol. The van der Waals surface area contributed by atoms with Gasteiger partial charge in [0.15, 0.2) is 5.69 Å². The van der Waals surface area contributed by atoms with Crippen molar-refractivity contribution in [2.75, 3.05) is 12.8 Å². The van der Waals surface area contributed by atoms with Gasteiger partial charge >= 0.3 is 5.97 Å². The highest BCUT2D eigenvalue weighted by molar-refractivity contribution is 5.97. The lowest BCUT2D eigenvalue weighted by Crippen LogP contribution is -2.37. The Morgan fingerprint density at radius 2 is 2.28 bits per heavy atom. The zero-order valence-electron chi connectivity index (χ0n) is 10.5. The van der Waals surface area contributed by atoms with Crippen LogP contribution in [0.3, 0.4) is 0 Å². The molecule has 0 aliphatic heterocycles. The number of carbonyl (C=O) groups excluding carboxylic acids is 2. The number of hydrogen-bond donors (Lipinski definition) is 2. The number of aromatic nitrogens is 1. The number of esters is 1. The number of carbonyl (C=O) groups is 2. The average Bonchev–Trinajstić information content (AvgIpc) is 2.38. The predicted octanol–water partition coefficient (Wildman–Crippen LogP) is 0.735. The number of nitrogens with one attached hydrogen (secondary N) is 1. The van der Waals surface area contributed by atoms with E-state index in [0.29, 0.717) is 12.1 Å². The molecule has 1 heterocycles. The van der Waals surface area contributed by atoms with Crippen LogP contribution in [0.2, 0.25) is 0 Å². The van der Waals surface area contributed by atoms with Gasteiger partial charge in [-0.15, -0.1) is 0 Å². The topological polar surface area (TPSA) is 94.3 Å². The van der Waals surface area contributed by atoms with E-state index < -0.39 is 0 Å². The summed E-state index contributed by atoms with van der Waals surface area (Å²) in [5.74, 6) is -0.750. The number of nitrogens with zero attached hydrogens (tertiary/aromatic N) is 1. The third-order valence-corrected chi connectivity index (χ3v) is 2.52. The molecule has 0 aromatic carbocycles. The molecule has 0 aliphatic rings. The molecular formula is C12H17N3O3. The quantitative estimate of drug-likeness (QED) is 0.752. The third kappa shape index (κ3) is 3.73. The van der Waals surface area contributed by atoms with Crippen LogP contribution in [0.15, 0.2) is 18.3 Å². The lowest BCUT2D eigenvalue weighted by Gasteiger charge is -2.15. The van der Waals surface area contributed by atoms with Crippen molar-refractivity contribution in [3.63, 3.8) is 0 Å². The molecule has 1 atom stereocenters. The van der Waals surface area contributed by atoms with Gasteiger partial charge in [-0.25, -0.2) is 4.98 Å². The minimum atomic E-state index is -0.385. The van der Waals surface area contributed by atoms with Crippen LogP contribution in [0.5, 0.6) is 0 Å². The van der Waals surface area contributed by atoms with Gasteiger partial charge in [0.05, 0.1) is 19.2 Å². The second kappa shape index (κ2) is 6.58. The summed E-state index contributed by atoms with van der Waals surface area (Å²) in [6, 6.07) is 2.97. The fourth-order valence-corrected chi connectivity index (χ4v) is 1.44. The molecule has 0 bridgehead atoms. The maximum Gasteiger partial charge on any atom is 0.307 e. The monoisotopic (exact) mass is 251 g/mol. The lowest BCUT2D eigenvalue weighted by molar-refractivity contribution is -0.141. The van der Waals surface area contributed by atoms with Gasteiger partial charge in [0.1, 0.15) is 0 Å². The van der Waals surface area contributed by atoms with Crippen LogP contribution < -0.4 is 11.1 Å². The first-order valence-electron chi connectivity index (χ1n) is 5.66. The largest absolute Gasteiger partial charge is 0.469 e. The summed E-state index contributed by atoms with van der Waals surface area (Å²) < 4.78 is 4.56. The Kier molecular flexibility index (Phi) is 5.10. The molecule has 3 N–H and O–H groups in total. The molecule has 0 saturated carbocycles. The van der Waals surface area contributed by atoms with E-state index in [4.69, 9.17) is 5.73 Å². The summed E-state index contributed by atoms with van der Waals surface area (Å²) in [6.07, 6.45) is 2.24. The van der Waals surface area contributed by atoms with Crippen LogP contribution in [-0.2, 0) is 9.53 Å². The molecule has 6 nitrogen and oxygen atoms in total. The summed E-state index contributed by atoms with van der Waals surface area (Å²) in [7, 11) is 1.31. The number of anilines is 1. The maximum absolute atomic E-state index is 11.9. The number of nitrogen functional groups attached to an aromatic ring is 1. The van der Waals surface area contributed by atoms with E-state index in [-0.39, 0.29) is 30.0 Å². The van der Waals surface area contributed by atoms with E-state index in [9.17, 15) is 9.59 Å². The number of hydrogen-bond acceptors (Lipinski definition) is 5. The Labute approximate surface area is 106 Å². The highest BCUT2D eigenvalue weighted by Crippen LogP contribution is 2.08. The fourth-order valence-electron chi connectivity index (χ4n) is 1.44. The molecule has 6 heteroatoms. The molecule has 98 valence electrons. The van der Waals surface area contributed by atoms with E-state index in [1.807, 2.05) is 6.92 Å². The predicted molar refractivity (Wildman–Crippen MR) is 66.8 cm³/mol. The molecule has 0 saturated heterocycles. The first-order valence-corrected chi connectivity index (χ1v) is 5.66. The van der Waals surface area contributed by atoms with Gasteiger partial charge in [0, 0.05) is 12.2 Å². The minimum Gasteiger partial charge on any atom is -0.469 e. The molecule has 1 amide bonds. The SMILES string of the molecule is CCC(CC(=O)OC)NC(=O)c1ncccc1N. The van der Waals surface area contributed by atoms with Crippen molar-refractivity contribution in [1.82, 2.24) is 10.3 Å². The summed E-state index contributed by atoms with van der Waals surface area (Å²) in [5.41, 5.74) is 6.13. The minimum absolute atomic E-state index is 0.130. The molecule has 1 unspecified atom stereocenters. The third-order valence-electron chi connectivity index (χ3n) is 2.52. The highest BCUT2D eigenvalue weighted by atomic mass is 16.5. The van der Waals surface area contributed by atoms with E-state index >= 15 is 0 Å². The van der Waals surface area contributed by atoms with Crippen molar-refractivity contribution >= 4 is 17.6 Å². The lowest BCUT2D eigenvalue weighted by atomic mass is 10.1. The van der Waals surface area contributed by atoms with Crippen LogP contribution in [0.1, 0.15) is 30.3 Å². The average molecular weight is 251 g/mol. The number of methoxy groups -OCH3 is 1. The van der Waals surface area contributed by atoms with Crippen molar-refractivity contribution in [2.45, 2.75) is 25.8 Å². The van der Waals surface area contributed by atoms with Gasteiger partial charge in [-0.2, -0.15) is 0 Å². The summed E-state index contributed by atoms with van der Waals surface area (Å²) in [5, 5.41) is 2.71. The maximum atomic E-state index is 11.9. The number of pyridine rings is 1. The van der Waals surface area contributed by atoms with E-state index in [1.165, 1.54) is 13.3 Å². The molecule has 1 rings (SSSR count). The number of amides is 1. The summed E-state index contributed by atoms with van der Waals surface area (Å²) in [4.78, 5) is 27.0. The van der Waals surface area contributed by atoms with E-state index in [1.54, 1.807) is 12.1 Å². The van der Waals surface area contributed by atoms with Crippen molar-refractivity contribution in [3.05, 3.63) is 24.0 Å². The smallest absolute Gasteiger partial charge is 0.307 e. The highest BCUT2D eigenvalue weighted by Gasteiger charge is 2.18. The van der Waals surface area contributed by atoms with Crippen molar-refractivity contribution in [1.29, 1.82) is 0 Å². The molecule has 1 aromatic heterocycles. The van der Waals surface area contributed by atoms with Gasteiger partial charge in [-0.1, -0.05) is 6.92 Å². The second-order valence-electron chi connectivity index (χ2n) is 3.80. The van der Waals surface area contributed by atoms with Gasteiger partial charge in [0.25, 0.3) is 5.91 Å². The molecule has 0 aliphatic carbocycles. The zero-order valence-corrected chi connectivity index (χ0v) is 10.5. The fraction of sp³-hybridized carbons (Fsp3) is 0.417. The van der Waals surface area contributed by atoms with E-state index in [0.717, 1.165) is 0 Å².